The van der Waals surface area contributed by atoms with Gasteiger partial charge in [0.25, 0.3) is 0 Å². The summed E-state index contributed by atoms with van der Waals surface area (Å²) in [5, 5.41) is 0. The molecular formula is C28H42F2O2. The largest absolute Gasteiger partial charge is 0.490 e. The summed E-state index contributed by atoms with van der Waals surface area (Å²) < 4.78 is 40.9. The number of hydrogen-bond donors (Lipinski definition) is 0. The Bertz CT molecular complexity index is 733. The molecule has 1 aromatic rings. The summed E-state index contributed by atoms with van der Waals surface area (Å²) in [4.78, 5) is 0. The third-order valence-electron chi connectivity index (χ3n) is 8.46. The topological polar surface area (TPSA) is 18.5 Å². The fourth-order valence-corrected chi connectivity index (χ4v) is 6.51. The van der Waals surface area contributed by atoms with Crippen molar-refractivity contribution >= 4 is 0 Å². The van der Waals surface area contributed by atoms with E-state index in [0.717, 1.165) is 61.8 Å². The molecule has 0 radical (unpaired) electrons. The molecule has 1 unspecified atom stereocenters. The van der Waals surface area contributed by atoms with E-state index < -0.39 is 11.6 Å². The van der Waals surface area contributed by atoms with Crippen LogP contribution in [0.3, 0.4) is 0 Å². The molecule has 0 bridgehead atoms. The number of aryl methyl sites for hydroxylation is 1. The molecule has 1 heterocycles. The van der Waals surface area contributed by atoms with Gasteiger partial charge >= 0.3 is 0 Å². The van der Waals surface area contributed by atoms with Gasteiger partial charge in [0.1, 0.15) is 0 Å². The summed E-state index contributed by atoms with van der Waals surface area (Å²) in [6.45, 7) is 4.87. The lowest BCUT2D eigenvalue weighted by atomic mass is 9.69. The minimum Gasteiger partial charge on any atom is -0.490 e. The first-order valence-corrected chi connectivity index (χ1v) is 13.4. The van der Waals surface area contributed by atoms with Crippen LogP contribution < -0.4 is 9.47 Å². The molecule has 2 saturated carbocycles. The first-order valence-electron chi connectivity index (χ1n) is 13.4. The van der Waals surface area contributed by atoms with Crippen LogP contribution in [0, 0.1) is 35.3 Å². The SMILES string of the molecule is CCCC1CCC(C2CCC(COc3cc4c(c(F)c3F)OC(CCC)CC4)CC2)CC1. The molecule has 0 aromatic heterocycles. The van der Waals surface area contributed by atoms with Crippen LogP contribution in [0.25, 0.3) is 0 Å². The monoisotopic (exact) mass is 448 g/mol. The number of ether oxygens (including phenoxy) is 2. The van der Waals surface area contributed by atoms with Gasteiger partial charge in [-0.2, -0.15) is 8.78 Å². The Balaban J connectivity index is 1.26. The van der Waals surface area contributed by atoms with Crippen LogP contribution in [0.1, 0.15) is 103 Å². The van der Waals surface area contributed by atoms with Crippen molar-refractivity contribution < 1.29 is 18.3 Å². The van der Waals surface area contributed by atoms with Gasteiger partial charge in [-0.15, -0.1) is 0 Å². The third-order valence-corrected chi connectivity index (χ3v) is 8.46. The molecule has 0 saturated heterocycles. The van der Waals surface area contributed by atoms with Crippen LogP contribution in [0.2, 0.25) is 0 Å². The van der Waals surface area contributed by atoms with Crippen molar-refractivity contribution in [1.29, 1.82) is 0 Å². The Kier molecular flexibility index (Phi) is 8.34. The van der Waals surface area contributed by atoms with Gasteiger partial charge in [-0.3, -0.25) is 0 Å². The molecule has 0 amide bonds. The van der Waals surface area contributed by atoms with Crippen LogP contribution in [-0.2, 0) is 6.42 Å². The fraction of sp³-hybridized carbons (Fsp3) is 0.786. The average molecular weight is 449 g/mol. The maximum atomic E-state index is 14.7. The molecule has 32 heavy (non-hydrogen) atoms. The van der Waals surface area contributed by atoms with Crippen molar-refractivity contribution in [2.45, 2.75) is 110 Å². The van der Waals surface area contributed by atoms with Crippen molar-refractivity contribution in [3.05, 3.63) is 23.3 Å². The smallest absolute Gasteiger partial charge is 0.204 e. The summed E-state index contributed by atoms with van der Waals surface area (Å²) in [5.74, 6) is 1.60. The number of halogens is 2. The van der Waals surface area contributed by atoms with E-state index in [4.69, 9.17) is 9.47 Å². The lowest BCUT2D eigenvalue weighted by Crippen LogP contribution is -2.27. The standard InChI is InChI=1S/C28H42F2O2/c1-3-5-19-7-11-21(12-8-19)22-13-9-20(10-14-22)18-31-25-17-23-15-16-24(6-4-2)32-28(23)27(30)26(25)29/h17,19-22,24H,3-16,18H2,1-2H3. The Labute approximate surface area is 193 Å². The van der Waals surface area contributed by atoms with Crippen LogP contribution in [0.15, 0.2) is 6.07 Å². The molecule has 2 nitrogen and oxygen atoms in total. The Morgan fingerprint density at radius 1 is 0.812 bits per heavy atom. The van der Waals surface area contributed by atoms with Crippen LogP contribution in [0.4, 0.5) is 8.78 Å². The second kappa shape index (κ2) is 11.2. The lowest BCUT2D eigenvalue weighted by molar-refractivity contribution is 0.119. The second-order valence-corrected chi connectivity index (χ2v) is 10.7. The zero-order valence-corrected chi connectivity index (χ0v) is 20.1. The molecule has 0 spiro atoms. The normalized spacial score (nSPS) is 30.4. The highest BCUT2D eigenvalue weighted by molar-refractivity contribution is 5.44. The Morgan fingerprint density at radius 2 is 1.44 bits per heavy atom. The summed E-state index contributed by atoms with van der Waals surface area (Å²) in [6.07, 6.45) is 16.7. The first kappa shape index (κ1) is 23.8. The van der Waals surface area contributed by atoms with E-state index in [1.807, 2.05) is 0 Å². The van der Waals surface area contributed by atoms with E-state index in [1.165, 1.54) is 51.4 Å². The number of fused-ring (bicyclic) bond motifs is 1. The van der Waals surface area contributed by atoms with Crippen molar-refractivity contribution in [2.24, 2.45) is 23.7 Å². The minimum atomic E-state index is -0.890. The van der Waals surface area contributed by atoms with E-state index in [1.54, 1.807) is 6.07 Å². The van der Waals surface area contributed by atoms with Gasteiger partial charge in [-0.1, -0.05) is 46.0 Å². The predicted octanol–water partition coefficient (Wildman–Crippen LogP) is 8.25. The van der Waals surface area contributed by atoms with Crippen LogP contribution >= 0.6 is 0 Å². The maximum Gasteiger partial charge on any atom is 0.204 e. The Morgan fingerprint density at radius 3 is 2.06 bits per heavy atom. The predicted molar refractivity (Wildman–Crippen MR) is 125 cm³/mol. The van der Waals surface area contributed by atoms with Gasteiger partial charge < -0.3 is 9.47 Å². The van der Waals surface area contributed by atoms with Gasteiger partial charge in [-0.05, 0) is 87.5 Å². The van der Waals surface area contributed by atoms with Crippen LogP contribution in [0.5, 0.6) is 11.5 Å². The Hall–Kier alpha value is -1.32. The number of hydrogen-bond acceptors (Lipinski definition) is 2. The van der Waals surface area contributed by atoms with E-state index in [9.17, 15) is 8.78 Å². The fourth-order valence-electron chi connectivity index (χ4n) is 6.51. The summed E-state index contributed by atoms with van der Waals surface area (Å²) in [6, 6.07) is 1.68. The van der Waals surface area contributed by atoms with Crippen molar-refractivity contribution in [2.75, 3.05) is 6.61 Å². The summed E-state index contributed by atoms with van der Waals surface area (Å²) >= 11 is 0. The third kappa shape index (κ3) is 5.59. The van der Waals surface area contributed by atoms with E-state index in [2.05, 4.69) is 13.8 Å². The zero-order chi connectivity index (χ0) is 22.5. The minimum absolute atomic E-state index is 0.00922. The van der Waals surface area contributed by atoms with Crippen molar-refractivity contribution in [1.82, 2.24) is 0 Å². The molecule has 0 N–H and O–H groups in total. The molecule has 2 fully saturated rings. The zero-order valence-electron chi connectivity index (χ0n) is 20.1. The van der Waals surface area contributed by atoms with E-state index in [0.29, 0.717) is 12.5 Å². The lowest BCUT2D eigenvalue weighted by Gasteiger charge is -2.37. The molecule has 2 aliphatic carbocycles. The van der Waals surface area contributed by atoms with E-state index in [-0.39, 0.29) is 17.6 Å². The molecule has 1 atom stereocenters. The van der Waals surface area contributed by atoms with Gasteiger partial charge in [0.05, 0.1) is 12.7 Å². The molecule has 3 aliphatic rings. The molecule has 4 heteroatoms. The summed E-state index contributed by atoms with van der Waals surface area (Å²) in [5.41, 5.74) is 0.744. The molecular weight excluding hydrogens is 406 g/mol. The average Bonchev–Trinajstić information content (AvgIpc) is 2.82. The van der Waals surface area contributed by atoms with Crippen molar-refractivity contribution in [3.8, 4) is 11.5 Å². The molecule has 4 rings (SSSR count). The first-order chi connectivity index (χ1) is 15.6. The maximum absolute atomic E-state index is 14.7. The van der Waals surface area contributed by atoms with Gasteiger partial charge in [0, 0.05) is 5.56 Å². The van der Waals surface area contributed by atoms with Gasteiger partial charge in [0.15, 0.2) is 11.5 Å². The van der Waals surface area contributed by atoms with Gasteiger partial charge in [-0.25, -0.2) is 0 Å². The van der Waals surface area contributed by atoms with Crippen LogP contribution in [-0.4, -0.2) is 12.7 Å². The molecule has 1 aromatic carbocycles. The number of benzene rings is 1. The highest BCUT2D eigenvalue weighted by Gasteiger charge is 2.32. The second-order valence-electron chi connectivity index (χ2n) is 10.7. The molecule has 180 valence electrons. The highest BCUT2D eigenvalue weighted by atomic mass is 19.2. The highest BCUT2D eigenvalue weighted by Crippen LogP contribution is 2.43. The quantitative estimate of drug-likeness (QED) is 0.398. The summed E-state index contributed by atoms with van der Waals surface area (Å²) in [7, 11) is 0. The number of rotatable bonds is 8. The van der Waals surface area contributed by atoms with Gasteiger partial charge in [0.2, 0.25) is 11.6 Å². The van der Waals surface area contributed by atoms with E-state index >= 15 is 0 Å². The van der Waals surface area contributed by atoms with Crippen molar-refractivity contribution in [3.63, 3.8) is 0 Å². The molecule has 1 aliphatic heterocycles.